The van der Waals surface area contributed by atoms with Crippen LogP contribution >= 0.6 is 11.3 Å². The van der Waals surface area contributed by atoms with Crippen LogP contribution in [0, 0.1) is 0 Å². The fraction of sp³-hybridized carbons (Fsp3) is 0.353. The molecule has 2 aromatic rings. The number of amides is 1. The van der Waals surface area contributed by atoms with Gasteiger partial charge < -0.3 is 10.6 Å². The Kier molecular flexibility index (Phi) is 4.36. The number of thiophene rings is 1. The first-order chi connectivity index (χ1) is 10.3. The Bertz CT molecular complexity index is 622. The Morgan fingerprint density at radius 1 is 1.33 bits per heavy atom. The van der Waals surface area contributed by atoms with E-state index >= 15 is 0 Å². The van der Waals surface area contributed by atoms with Crippen LogP contribution < -0.4 is 10.6 Å². The summed E-state index contributed by atoms with van der Waals surface area (Å²) in [7, 11) is 0. The molecule has 3 rings (SSSR count). The predicted octanol–water partition coefficient (Wildman–Crippen LogP) is 3.62. The van der Waals surface area contributed by atoms with Gasteiger partial charge in [-0.15, -0.1) is 11.3 Å². The molecule has 2 heterocycles. The molecule has 4 heteroatoms. The van der Waals surface area contributed by atoms with Crippen LogP contribution in [0.3, 0.4) is 0 Å². The average molecular weight is 300 g/mol. The number of rotatable bonds is 5. The lowest BCUT2D eigenvalue weighted by Gasteiger charge is -2.17. The van der Waals surface area contributed by atoms with E-state index in [2.05, 4.69) is 35.1 Å². The van der Waals surface area contributed by atoms with Crippen LogP contribution in [0.1, 0.15) is 52.2 Å². The van der Waals surface area contributed by atoms with Crippen LogP contribution in [0.15, 0.2) is 35.7 Å². The summed E-state index contributed by atoms with van der Waals surface area (Å²) in [4.78, 5) is 13.7. The molecule has 2 N–H and O–H groups in total. The lowest BCUT2D eigenvalue weighted by Crippen LogP contribution is -2.28. The zero-order valence-electron chi connectivity index (χ0n) is 12.2. The normalized spacial score (nSPS) is 14.7. The fourth-order valence-corrected chi connectivity index (χ4v) is 3.55. The number of hydrogen-bond donors (Lipinski definition) is 2. The number of benzene rings is 1. The van der Waals surface area contributed by atoms with Gasteiger partial charge >= 0.3 is 0 Å². The summed E-state index contributed by atoms with van der Waals surface area (Å²) in [5.41, 5.74) is 3.30. The lowest BCUT2D eigenvalue weighted by atomic mass is 10.0. The van der Waals surface area contributed by atoms with Gasteiger partial charge in [0.15, 0.2) is 0 Å². The van der Waals surface area contributed by atoms with Crippen molar-refractivity contribution in [1.29, 1.82) is 0 Å². The molecular weight excluding hydrogens is 280 g/mol. The average Bonchev–Trinajstić information content (AvgIpc) is 3.17. The monoisotopic (exact) mass is 300 g/mol. The summed E-state index contributed by atoms with van der Waals surface area (Å²) in [6.07, 6.45) is 2.02. The maximum absolute atomic E-state index is 12.5. The van der Waals surface area contributed by atoms with Crippen LogP contribution in [0.4, 0.5) is 0 Å². The van der Waals surface area contributed by atoms with Crippen LogP contribution in [-0.4, -0.2) is 5.91 Å². The van der Waals surface area contributed by atoms with Crippen molar-refractivity contribution in [3.63, 3.8) is 0 Å². The largest absolute Gasteiger partial charge is 0.344 e. The maximum atomic E-state index is 12.5. The van der Waals surface area contributed by atoms with Gasteiger partial charge in [0.2, 0.25) is 0 Å². The standard InChI is InChI=1S/C17H20N2OS/c1-2-4-15(16-5-3-8-21-16)19-17(20)12-6-7-13-10-18-11-14(13)9-12/h3,5-9,15,18H,2,4,10-11H2,1H3,(H,19,20). The summed E-state index contributed by atoms with van der Waals surface area (Å²) in [5, 5.41) is 8.55. The van der Waals surface area contributed by atoms with Gasteiger partial charge in [0.05, 0.1) is 6.04 Å². The number of hydrogen-bond acceptors (Lipinski definition) is 3. The molecule has 1 unspecified atom stereocenters. The molecule has 0 bridgehead atoms. The van der Waals surface area contributed by atoms with Gasteiger partial charge in [0.25, 0.3) is 5.91 Å². The third-order valence-electron chi connectivity index (χ3n) is 3.87. The molecule has 3 nitrogen and oxygen atoms in total. The van der Waals surface area contributed by atoms with Gasteiger partial charge in [-0.3, -0.25) is 4.79 Å². The summed E-state index contributed by atoms with van der Waals surface area (Å²) in [6, 6.07) is 10.3. The van der Waals surface area contributed by atoms with E-state index in [9.17, 15) is 4.79 Å². The Hall–Kier alpha value is -1.65. The maximum Gasteiger partial charge on any atom is 0.251 e. The molecule has 0 saturated carbocycles. The van der Waals surface area contributed by atoms with Crippen molar-refractivity contribution in [3.8, 4) is 0 Å². The minimum Gasteiger partial charge on any atom is -0.344 e. The van der Waals surface area contributed by atoms with E-state index < -0.39 is 0 Å². The molecule has 110 valence electrons. The second-order valence-electron chi connectivity index (χ2n) is 5.42. The van der Waals surface area contributed by atoms with Gasteiger partial charge in [0.1, 0.15) is 0 Å². The van der Waals surface area contributed by atoms with E-state index in [4.69, 9.17) is 0 Å². The van der Waals surface area contributed by atoms with Crippen LogP contribution in [0.5, 0.6) is 0 Å². The first kappa shape index (κ1) is 14.3. The molecule has 1 aliphatic rings. The Morgan fingerprint density at radius 2 is 2.19 bits per heavy atom. The predicted molar refractivity (Wildman–Crippen MR) is 86.4 cm³/mol. The third-order valence-corrected chi connectivity index (χ3v) is 4.85. The van der Waals surface area contributed by atoms with Gasteiger partial charge in [-0.1, -0.05) is 25.5 Å². The van der Waals surface area contributed by atoms with Crippen molar-refractivity contribution in [1.82, 2.24) is 10.6 Å². The highest BCUT2D eigenvalue weighted by molar-refractivity contribution is 7.10. The van der Waals surface area contributed by atoms with Crippen molar-refractivity contribution in [3.05, 3.63) is 57.3 Å². The van der Waals surface area contributed by atoms with E-state index in [0.717, 1.165) is 31.5 Å². The highest BCUT2D eigenvalue weighted by Gasteiger charge is 2.18. The number of carbonyl (C=O) groups is 1. The first-order valence-electron chi connectivity index (χ1n) is 7.44. The molecule has 21 heavy (non-hydrogen) atoms. The molecule has 1 amide bonds. The Balaban J connectivity index is 1.75. The molecule has 0 spiro atoms. The molecule has 1 aliphatic heterocycles. The lowest BCUT2D eigenvalue weighted by molar-refractivity contribution is 0.0935. The van der Waals surface area contributed by atoms with E-state index in [1.807, 2.05) is 18.2 Å². The SMILES string of the molecule is CCCC(NC(=O)c1ccc2c(c1)CNC2)c1cccs1. The third kappa shape index (κ3) is 3.17. The number of fused-ring (bicyclic) bond motifs is 1. The van der Waals surface area contributed by atoms with Gasteiger partial charge in [-0.25, -0.2) is 0 Å². The Morgan fingerprint density at radius 3 is 2.95 bits per heavy atom. The van der Waals surface area contributed by atoms with E-state index in [-0.39, 0.29) is 11.9 Å². The molecule has 0 saturated heterocycles. The zero-order chi connectivity index (χ0) is 14.7. The summed E-state index contributed by atoms with van der Waals surface area (Å²) in [5.74, 6) is 0.0246. The van der Waals surface area contributed by atoms with Crippen LogP contribution in [0.2, 0.25) is 0 Å². The first-order valence-corrected chi connectivity index (χ1v) is 8.32. The summed E-state index contributed by atoms with van der Waals surface area (Å²) < 4.78 is 0. The van der Waals surface area contributed by atoms with Gasteiger partial charge in [0, 0.05) is 23.5 Å². The summed E-state index contributed by atoms with van der Waals surface area (Å²) in [6.45, 7) is 3.92. The molecule has 1 atom stereocenters. The van der Waals surface area contributed by atoms with Crippen LogP contribution in [0.25, 0.3) is 0 Å². The second-order valence-corrected chi connectivity index (χ2v) is 6.40. The minimum absolute atomic E-state index is 0.0246. The molecule has 0 fully saturated rings. The Labute approximate surface area is 129 Å². The molecule has 0 radical (unpaired) electrons. The van der Waals surface area contributed by atoms with E-state index in [1.165, 1.54) is 16.0 Å². The molecule has 0 aliphatic carbocycles. The smallest absolute Gasteiger partial charge is 0.251 e. The van der Waals surface area contributed by atoms with E-state index in [1.54, 1.807) is 11.3 Å². The topological polar surface area (TPSA) is 41.1 Å². The van der Waals surface area contributed by atoms with Gasteiger partial charge in [-0.05, 0) is 41.1 Å². The van der Waals surface area contributed by atoms with Gasteiger partial charge in [-0.2, -0.15) is 0 Å². The molecule has 1 aromatic heterocycles. The van der Waals surface area contributed by atoms with Crippen molar-refractivity contribution in [2.45, 2.75) is 38.9 Å². The highest BCUT2D eigenvalue weighted by atomic mass is 32.1. The van der Waals surface area contributed by atoms with Crippen molar-refractivity contribution in [2.75, 3.05) is 0 Å². The zero-order valence-corrected chi connectivity index (χ0v) is 13.0. The van der Waals surface area contributed by atoms with Crippen molar-refractivity contribution >= 4 is 17.2 Å². The van der Waals surface area contributed by atoms with Crippen molar-refractivity contribution < 1.29 is 4.79 Å². The van der Waals surface area contributed by atoms with Crippen molar-refractivity contribution in [2.24, 2.45) is 0 Å². The fourth-order valence-electron chi connectivity index (χ4n) is 2.74. The summed E-state index contributed by atoms with van der Waals surface area (Å²) >= 11 is 1.70. The number of carbonyl (C=O) groups excluding carboxylic acids is 1. The van der Waals surface area contributed by atoms with Crippen LogP contribution in [-0.2, 0) is 13.1 Å². The quantitative estimate of drug-likeness (QED) is 0.885. The molecule has 1 aromatic carbocycles. The number of nitrogens with one attached hydrogen (secondary N) is 2. The molecular formula is C17H20N2OS. The minimum atomic E-state index is 0.0246. The second kappa shape index (κ2) is 6.41. The van der Waals surface area contributed by atoms with E-state index in [0.29, 0.717) is 0 Å². The highest BCUT2D eigenvalue weighted by Crippen LogP contribution is 2.24.